The first kappa shape index (κ1) is 25.5. The number of carbonyl (C=O) groups is 5. The highest BCUT2D eigenvalue weighted by atomic mass is 16.4. The quantitative estimate of drug-likeness (QED) is 0.232. The zero-order valence-electron chi connectivity index (χ0n) is 15.2. The number of nitrogens with two attached hydrogens (primary N) is 2. The Balaban J connectivity index is 0.000000734. The third-order valence-electron chi connectivity index (χ3n) is 3.34. The molecule has 1 amide bonds. The molecular formula is C17H23N3O9. The van der Waals surface area contributed by atoms with Gasteiger partial charge in [-0.2, -0.15) is 0 Å². The Hall–Kier alpha value is -3.51. The zero-order valence-corrected chi connectivity index (χ0v) is 15.2. The van der Waals surface area contributed by atoms with Gasteiger partial charge in [0.05, 0.1) is 18.9 Å². The van der Waals surface area contributed by atoms with Crippen molar-refractivity contribution in [2.75, 3.05) is 0 Å². The molecule has 12 nitrogen and oxygen atoms in total. The molecule has 0 bridgehead atoms. The lowest BCUT2D eigenvalue weighted by atomic mass is 10.1. The van der Waals surface area contributed by atoms with Gasteiger partial charge in [0.2, 0.25) is 5.91 Å². The van der Waals surface area contributed by atoms with Gasteiger partial charge in [-0.3, -0.25) is 19.2 Å². The summed E-state index contributed by atoms with van der Waals surface area (Å²) >= 11 is 0. The van der Waals surface area contributed by atoms with E-state index in [1.807, 2.05) is 0 Å². The molecule has 0 aliphatic rings. The minimum absolute atomic E-state index is 0.0989. The predicted molar refractivity (Wildman–Crippen MR) is 97.8 cm³/mol. The largest absolute Gasteiger partial charge is 0.481 e. The van der Waals surface area contributed by atoms with E-state index in [0.717, 1.165) is 5.56 Å². The topological polar surface area (TPSA) is 230 Å². The van der Waals surface area contributed by atoms with Crippen LogP contribution in [-0.2, 0) is 30.4 Å². The number of carboxylic acids is 4. The lowest BCUT2D eigenvalue weighted by Gasteiger charge is -2.17. The van der Waals surface area contributed by atoms with Crippen LogP contribution in [0.1, 0.15) is 18.4 Å². The van der Waals surface area contributed by atoms with Crippen LogP contribution in [0.4, 0.5) is 0 Å². The molecule has 0 heterocycles. The smallest absolute Gasteiger partial charge is 0.326 e. The summed E-state index contributed by atoms with van der Waals surface area (Å²) in [5.41, 5.74) is 11.0. The summed E-state index contributed by atoms with van der Waals surface area (Å²) < 4.78 is 0. The van der Waals surface area contributed by atoms with Gasteiger partial charge in [0, 0.05) is 6.42 Å². The van der Waals surface area contributed by atoms with Gasteiger partial charge < -0.3 is 37.2 Å². The Labute approximate surface area is 165 Å². The van der Waals surface area contributed by atoms with Crippen LogP contribution in [-0.4, -0.2) is 68.3 Å². The normalized spacial score (nSPS) is 13.0. The number of amides is 1. The van der Waals surface area contributed by atoms with E-state index in [2.05, 4.69) is 5.32 Å². The molecule has 0 unspecified atom stereocenters. The summed E-state index contributed by atoms with van der Waals surface area (Å²) in [6.07, 6.45) is -0.986. The van der Waals surface area contributed by atoms with Gasteiger partial charge >= 0.3 is 23.9 Å². The van der Waals surface area contributed by atoms with E-state index >= 15 is 0 Å². The SMILES string of the molecule is N[C@@H](CC(=O)O)C(=O)N[C@@H](Cc1ccccc1)C(=O)O.N[C@@H](CC(=O)O)C(=O)O. The van der Waals surface area contributed by atoms with E-state index in [1.165, 1.54) is 0 Å². The second kappa shape index (κ2) is 12.8. The summed E-state index contributed by atoms with van der Waals surface area (Å²) in [7, 11) is 0. The van der Waals surface area contributed by atoms with Crippen molar-refractivity contribution in [3.05, 3.63) is 35.9 Å². The summed E-state index contributed by atoms with van der Waals surface area (Å²) in [5, 5.41) is 35.9. The number of hydrogen-bond donors (Lipinski definition) is 7. The molecule has 0 spiro atoms. The second-order valence-electron chi connectivity index (χ2n) is 5.84. The molecule has 0 aliphatic carbocycles. The van der Waals surface area contributed by atoms with Gasteiger partial charge in [-0.15, -0.1) is 0 Å². The average Bonchev–Trinajstić information content (AvgIpc) is 2.61. The van der Waals surface area contributed by atoms with Crippen LogP contribution in [0.3, 0.4) is 0 Å². The van der Waals surface area contributed by atoms with Gasteiger partial charge in [0.25, 0.3) is 0 Å². The zero-order chi connectivity index (χ0) is 22.6. The van der Waals surface area contributed by atoms with E-state index in [-0.39, 0.29) is 6.42 Å². The van der Waals surface area contributed by atoms with Crippen molar-refractivity contribution in [3.8, 4) is 0 Å². The summed E-state index contributed by atoms with van der Waals surface area (Å²) in [6, 6.07) is 5.06. The van der Waals surface area contributed by atoms with Gasteiger partial charge in [0.1, 0.15) is 12.1 Å². The number of benzene rings is 1. The van der Waals surface area contributed by atoms with Crippen LogP contribution in [0.15, 0.2) is 30.3 Å². The van der Waals surface area contributed by atoms with Gasteiger partial charge in [0.15, 0.2) is 0 Å². The minimum Gasteiger partial charge on any atom is -0.481 e. The number of carboxylic acid groups (broad SMARTS) is 4. The highest BCUT2D eigenvalue weighted by Gasteiger charge is 2.24. The van der Waals surface area contributed by atoms with Crippen LogP contribution >= 0.6 is 0 Å². The van der Waals surface area contributed by atoms with Crippen LogP contribution in [0.2, 0.25) is 0 Å². The Morgan fingerprint density at radius 3 is 1.66 bits per heavy atom. The summed E-state index contributed by atoms with van der Waals surface area (Å²) in [4.78, 5) is 52.8. The Kier molecular flexibility index (Phi) is 11.3. The van der Waals surface area contributed by atoms with Crippen LogP contribution < -0.4 is 16.8 Å². The lowest BCUT2D eigenvalue weighted by molar-refractivity contribution is -0.144. The van der Waals surface area contributed by atoms with E-state index in [0.29, 0.717) is 0 Å². The van der Waals surface area contributed by atoms with E-state index in [4.69, 9.17) is 31.9 Å². The van der Waals surface area contributed by atoms with Crippen molar-refractivity contribution in [2.45, 2.75) is 37.4 Å². The first-order valence-electron chi connectivity index (χ1n) is 8.18. The molecule has 0 radical (unpaired) electrons. The molecule has 0 aliphatic heterocycles. The van der Waals surface area contributed by atoms with Crippen molar-refractivity contribution in [1.29, 1.82) is 0 Å². The molecular weight excluding hydrogens is 390 g/mol. The monoisotopic (exact) mass is 413 g/mol. The van der Waals surface area contributed by atoms with Crippen molar-refractivity contribution in [3.63, 3.8) is 0 Å². The Morgan fingerprint density at radius 2 is 1.28 bits per heavy atom. The van der Waals surface area contributed by atoms with E-state index in [9.17, 15) is 24.0 Å². The first-order chi connectivity index (χ1) is 13.4. The Bertz CT molecular complexity index is 724. The maximum Gasteiger partial charge on any atom is 0.326 e. The van der Waals surface area contributed by atoms with Crippen molar-refractivity contribution in [1.82, 2.24) is 5.32 Å². The first-order valence-corrected chi connectivity index (χ1v) is 8.18. The standard InChI is InChI=1S/C13H16N2O5.C4H7NO4/c14-9(7-11(16)17)12(18)15-10(13(19)20)6-8-4-2-1-3-5-8;5-2(4(8)9)1-3(6)7/h1-5,9-10H,6-7,14H2,(H,15,18)(H,16,17)(H,19,20);2H,1,5H2,(H,6,7)(H,8,9)/t9-,10-;2-/m00/s1. The molecule has 0 aromatic heterocycles. The number of aliphatic carboxylic acids is 4. The molecule has 0 fully saturated rings. The maximum absolute atomic E-state index is 11.6. The molecule has 0 saturated heterocycles. The third-order valence-corrected chi connectivity index (χ3v) is 3.34. The highest BCUT2D eigenvalue weighted by Crippen LogP contribution is 2.04. The molecule has 0 saturated carbocycles. The van der Waals surface area contributed by atoms with Crippen LogP contribution in [0, 0.1) is 0 Å². The fourth-order valence-corrected chi connectivity index (χ4v) is 1.88. The van der Waals surface area contributed by atoms with Gasteiger partial charge in [-0.05, 0) is 5.56 Å². The number of hydrogen-bond acceptors (Lipinski definition) is 7. The van der Waals surface area contributed by atoms with Crippen molar-refractivity contribution < 1.29 is 44.4 Å². The molecule has 12 heteroatoms. The van der Waals surface area contributed by atoms with Crippen molar-refractivity contribution >= 4 is 29.8 Å². The molecule has 160 valence electrons. The molecule has 9 N–H and O–H groups in total. The number of carbonyl (C=O) groups excluding carboxylic acids is 1. The summed E-state index contributed by atoms with van der Waals surface area (Å²) in [5.74, 6) is -5.72. The van der Waals surface area contributed by atoms with Crippen molar-refractivity contribution in [2.24, 2.45) is 11.5 Å². The third kappa shape index (κ3) is 11.7. The predicted octanol–water partition coefficient (Wildman–Crippen LogP) is -1.53. The summed E-state index contributed by atoms with van der Waals surface area (Å²) in [6.45, 7) is 0. The van der Waals surface area contributed by atoms with E-state index in [1.54, 1.807) is 30.3 Å². The second-order valence-corrected chi connectivity index (χ2v) is 5.84. The van der Waals surface area contributed by atoms with E-state index < -0.39 is 60.8 Å². The van der Waals surface area contributed by atoms with Gasteiger partial charge in [-0.25, -0.2) is 4.79 Å². The fourth-order valence-electron chi connectivity index (χ4n) is 1.88. The molecule has 3 atom stereocenters. The number of nitrogens with one attached hydrogen (secondary N) is 1. The molecule has 1 aromatic rings. The maximum atomic E-state index is 11.6. The Morgan fingerprint density at radius 1 is 0.793 bits per heavy atom. The average molecular weight is 413 g/mol. The fraction of sp³-hybridized carbons (Fsp3) is 0.353. The van der Waals surface area contributed by atoms with Crippen LogP contribution in [0.5, 0.6) is 0 Å². The lowest BCUT2D eigenvalue weighted by Crippen LogP contribution is -2.49. The molecule has 1 rings (SSSR count). The highest BCUT2D eigenvalue weighted by molar-refractivity contribution is 5.89. The molecule has 29 heavy (non-hydrogen) atoms. The van der Waals surface area contributed by atoms with Crippen LogP contribution in [0.25, 0.3) is 0 Å². The molecule has 1 aromatic carbocycles. The minimum atomic E-state index is -1.29. The van der Waals surface area contributed by atoms with Gasteiger partial charge in [-0.1, -0.05) is 30.3 Å². The number of rotatable bonds is 10.